The Bertz CT molecular complexity index is 480. The van der Waals surface area contributed by atoms with Crippen LogP contribution in [0.2, 0.25) is 0 Å². The predicted molar refractivity (Wildman–Crippen MR) is 74.5 cm³/mol. The first-order valence-electron chi connectivity index (χ1n) is 6.99. The summed E-state index contributed by atoms with van der Waals surface area (Å²) in [6.07, 6.45) is 11.3. The van der Waals surface area contributed by atoms with Crippen LogP contribution in [0.15, 0.2) is 36.9 Å². The number of piperidine rings is 1. The monoisotopic (exact) mass is 256 g/mol. The SMILES string of the molecule is c1cncc(CC2CCCN(Cc3ncc[nH]3)C2)c1. The van der Waals surface area contributed by atoms with E-state index in [-0.39, 0.29) is 0 Å². The largest absolute Gasteiger partial charge is 0.348 e. The molecule has 1 fully saturated rings. The van der Waals surface area contributed by atoms with E-state index in [1.165, 1.54) is 24.9 Å². The summed E-state index contributed by atoms with van der Waals surface area (Å²) in [6, 6.07) is 4.21. The second-order valence-electron chi connectivity index (χ2n) is 5.34. The highest BCUT2D eigenvalue weighted by Gasteiger charge is 2.20. The number of aromatic amines is 1. The number of H-pyrrole nitrogens is 1. The first kappa shape index (κ1) is 12.4. The van der Waals surface area contributed by atoms with Crippen LogP contribution in [0.4, 0.5) is 0 Å². The summed E-state index contributed by atoms with van der Waals surface area (Å²) >= 11 is 0. The lowest BCUT2D eigenvalue weighted by Crippen LogP contribution is -2.36. The first-order chi connectivity index (χ1) is 9.40. The van der Waals surface area contributed by atoms with Gasteiger partial charge in [0, 0.05) is 31.3 Å². The van der Waals surface area contributed by atoms with E-state index in [0.717, 1.165) is 31.3 Å². The lowest BCUT2D eigenvalue weighted by Gasteiger charge is -2.32. The quantitative estimate of drug-likeness (QED) is 0.912. The third kappa shape index (κ3) is 3.41. The van der Waals surface area contributed by atoms with E-state index in [4.69, 9.17) is 0 Å². The summed E-state index contributed by atoms with van der Waals surface area (Å²) in [7, 11) is 0. The molecular formula is C15H20N4. The van der Waals surface area contributed by atoms with Crippen molar-refractivity contribution >= 4 is 0 Å². The molecule has 0 spiro atoms. The minimum absolute atomic E-state index is 0.743. The van der Waals surface area contributed by atoms with Crippen molar-refractivity contribution in [1.82, 2.24) is 19.9 Å². The van der Waals surface area contributed by atoms with Gasteiger partial charge in [-0.3, -0.25) is 9.88 Å². The molecule has 2 aromatic heterocycles. The summed E-state index contributed by atoms with van der Waals surface area (Å²) in [5, 5.41) is 0. The van der Waals surface area contributed by atoms with Gasteiger partial charge in [-0.1, -0.05) is 6.07 Å². The Morgan fingerprint density at radius 1 is 1.37 bits per heavy atom. The number of hydrogen-bond acceptors (Lipinski definition) is 3. The molecule has 0 saturated carbocycles. The maximum absolute atomic E-state index is 4.31. The molecule has 2 aromatic rings. The van der Waals surface area contributed by atoms with Gasteiger partial charge in [0.25, 0.3) is 0 Å². The third-order valence-corrected chi connectivity index (χ3v) is 3.78. The second-order valence-corrected chi connectivity index (χ2v) is 5.34. The zero-order valence-electron chi connectivity index (χ0n) is 11.1. The van der Waals surface area contributed by atoms with Crippen molar-refractivity contribution < 1.29 is 0 Å². The van der Waals surface area contributed by atoms with Crippen LogP contribution in [0, 0.1) is 5.92 Å². The standard InChI is InChI=1S/C15H20N4/c1-3-13(10-16-5-1)9-14-4-2-8-19(11-14)12-15-17-6-7-18-15/h1,3,5-7,10,14H,2,4,8-9,11-12H2,(H,17,18). The van der Waals surface area contributed by atoms with E-state index in [2.05, 4.69) is 25.9 Å². The van der Waals surface area contributed by atoms with Crippen molar-refractivity contribution in [1.29, 1.82) is 0 Å². The van der Waals surface area contributed by atoms with Crippen molar-refractivity contribution in [2.75, 3.05) is 13.1 Å². The summed E-state index contributed by atoms with van der Waals surface area (Å²) in [5.41, 5.74) is 1.35. The minimum Gasteiger partial charge on any atom is -0.348 e. The average Bonchev–Trinajstić information content (AvgIpc) is 2.93. The molecule has 0 bridgehead atoms. The fourth-order valence-corrected chi connectivity index (χ4v) is 2.91. The Kier molecular flexibility index (Phi) is 3.89. The minimum atomic E-state index is 0.743. The Morgan fingerprint density at radius 2 is 2.37 bits per heavy atom. The van der Waals surface area contributed by atoms with Gasteiger partial charge >= 0.3 is 0 Å². The van der Waals surface area contributed by atoms with Crippen LogP contribution in [-0.4, -0.2) is 32.9 Å². The number of imidazole rings is 1. The molecule has 1 N–H and O–H groups in total. The number of nitrogens with one attached hydrogen (secondary N) is 1. The van der Waals surface area contributed by atoms with Gasteiger partial charge in [0.2, 0.25) is 0 Å². The number of rotatable bonds is 4. The first-order valence-corrected chi connectivity index (χ1v) is 6.99. The molecule has 4 heteroatoms. The van der Waals surface area contributed by atoms with Crippen LogP contribution < -0.4 is 0 Å². The van der Waals surface area contributed by atoms with E-state index >= 15 is 0 Å². The normalized spacial score (nSPS) is 20.5. The van der Waals surface area contributed by atoms with E-state index < -0.39 is 0 Å². The topological polar surface area (TPSA) is 44.8 Å². The Balaban J connectivity index is 1.56. The molecule has 19 heavy (non-hydrogen) atoms. The van der Waals surface area contributed by atoms with E-state index in [1.807, 2.05) is 30.9 Å². The van der Waals surface area contributed by atoms with E-state index in [9.17, 15) is 0 Å². The smallest absolute Gasteiger partial charge is 0.120 e. The fraction of sp³-hybridized carbons (Fsp3) is 0.467. The lowest BCUT2D eigenvalue weighted by atomic mass is 9.92. The maximum atomic E-state index is 4.31. The molecule has 3 rings (SSSR count). The van der Waals surface area contributed by atoms with Crippen LogP contribution in [-0.2, 0) is 13.0 Å². The fourth-order valence-electron chi connectivity index (χ4n) is 2.91. The van der Waals surface area contributed by atoms with Gasteiger partial charge < -0.3 is 4.98 Å². The van der Waals surface area contributed by atoms with Crippen LogP contribution in [0.5, 0.6) is 0 Å². The van der Waals surface area contributed by atoms with Crippen molar-refractivity contribution in [3.63, 3.8) is 0 Å². The molecule has 1 saturated heterocycles. The van der Waals surface area contributed by atoms with Crippen LogP contribution in [0.1, 0.15) is 24.2 Å². The average molecular weight is 256 g/mol. The van der Waals surface area contributed by atoms with Crippen LogP contribution >= 0.6 is 0 Å². The highest BCUT2D eigenvalue weighted by Crippen LogP contribution is 2.21. The molecule has 1 unspecified atom stereocenters. The molecule has 4 nitrogen and oxygen atoms in total. The molecule has 1 aliphatic rings. The number of likely N-dealkylation sites (tertiary alicyclic amines) is 1. The van der Waals surface area contributed by atoms with Crippen molar-refractivity contribution in [3.8, 4) is 0 Å². The van der Waals surface area contributed by atoms with Gasteiger partial charge in [-0.05, 0) is 43.4 Å². The molecule has 100 valence electrons. The maximum Gasteiger partial charge on any atom is 0.120 e. The van der Waals surface area contributed by atoms with Crippen molar-refractivity contribution in [3.05, 3.63) is 48.3 Å². The number of pyridine rings is 1. The van der Waals surface area contributed by atoms with Crippen LogP contribution in [0.25, 0.3) is 0 Å². The predicted octanol–water partition coefficient (Wildman–Crippen LogP) is 2.26. The highest BCUT2D eigenvalue weighted by atomic mass is 15.2. The molecule has 3 heterocycles. The molecule has 0 aliphatic carbocycles. The Hall–Kier alpha value is -1.68. The highest BCUT2D eigenvalue weighted by molar-refractivity contribution is 5.09. The molecule has 0 radical (unpaired) electrons. The van der Waals surface area contributed by atoms with Gasteiger partial charge in [-0.15, -0.1) is 0 Å². The molecular weight excluding hydrogens is 236 g/mol. The van der Waals surface area contributed by atoms with Crippen molar-refractivity contribution in [2.45, 2.75) is 25.8 Å². The van der Waals surface area contributed by atoms with Gasteiger partial charge in [0.15, 0.2) is 0 Å². The lowest BCUT2D eigenvalue weighted by molar-refractivity contribution is 0.164. The molecule has 0 amide bonds. The summed E-state index contributed by atoms with van der Waals surface area (Å²) in [4.78, 5) is 14.2. The number of hydrogen-bond donors (Lipinski definition) is 1. The van der Waals surface area contributed by atoms with E-state index in [0.29, 0.717) is 0 Å². The van der Waals surface area contributed by atoms with Crippen LogP contribution in [0.3, 0.4) is 0 Å². The summed E-state index contributed by atoms with van der Waals surface area (Å²) < 4.78 is 0. The molecule has 1 atom stereocenters. The second kappa shape index (κ2) is 5.97. The zero-order chi connectivity index (χ0) is 12.9. The van der Waals surface area contributed by atoms with Gasteiger partial charge in [-0.25, -0.2) is 4.98 Å². The van der Waals surface area contributed by atoms with E-state index in [1.54, 1.807) is 0 Å². The Morgan fingerprint density at radius 3 is 3.16 bits per heavy atom. The molecule has 0 aromatic carbocycles. The summed E-state index contributed by atoms with van der Waals surface area (Å²) in [6.45, 7) is 3.29. The molecule has 1 aliphatic heterocycles. The van der Waals surface area contributed by atoms with Gasteiger partial charge in [0.05, 0.1) is 6.54 Å². The van der Waals surface area contributed by atoms with Gasteiger partial charge in [-0.2, -0.15) is 0 Å². The van der Waals surface area contributed by atoms with Gasteiger partial charge in [0.1, 0.15) is 5.82 Å². The zero-order valence-corrected chi connectivity index (χ0v) is 11.1. The number of aromatic nitrogens is 3. The number of nitrogens with zero attached hydrogens (tertiary/aromatic N) is 3. The summed E-state index contributed by atoms with van der Waals surface area (Å²) in [5.74, 6) is 1.81. The van der Waals surface area contributed by atoms with Crippen molar-refractivity contribution in [2.24, 2.45) is 5.92 Å². The third-order valence-electron chi connectivity index (χ3n) is 3.78. The Labute approximate surface area is 113 Å².